The van der Waals surface area contributed by atoms with Crippen molar-refractivity contribution >= 4 is 61.4 Å². The molecule has 0 spiro atoms. The Balaban J connectivity index is 0.000000980. The van der Waals surface area contributed by atoms with Gasteiger partial charge in [-0.15, -0.1) is 0 Å². The van der Waals surface area contributed by atoms with Crippen LogP contribution in [0.25, 0.3) is 0 Å². The molecular formula is C7H7KNO4S. The fourth-order valence-electron chi connectivity index (χ4n) is 1.05. The van der Waals surface area contributed by atoms with Gasteiger partial charge in [0.15, 0.2) is 11.5 Å². The summed E-state index contributed by atoms with van der Waals surface area (Å²) in [7, 11) is -3.66. The first-order valence-corrected chi connectivity index (χ1v) is 5.04. The number of primary sulfonamides is 1. The molecule has 2 rings (SSSR count). The molecule has 0 saturated heterocycles. The molecular weight excluding hydrogens is 233 g/mol. The minimum absolute atomic E-state index is 0. The van der Waals surface area contributed by atoms with Gasteiger partial charge < -0.3 is 9.47 Å². The maximum absolute atomic E-state index is 10.9. The third-order valence-corrected chi connectivity index (χ3v) is 2.58. The third kappa shape index (κ3) is 2.48. The Labute approximate surface area is 124 Å². The average Bonchev–Trinajstić information content (AvgIpc) is 2.47. The first-order valence-electron chi connectivity index (χ1n) is 3.50. The summed E-state index contributed by atoms with van der Waals surface area (Å²) >= 11 is 0. The zero-order valence-electron chi connectivity index (χ0n) is 7.56. The molecule has 0 aromatic heterocycles. The summed E-state index contributed by atoms with van der Waals surface area (Å²) in [5, 5.41) is 4.93. The summed E-state index contributed by atoms with van der Waals surface area (Å²) in [5.74, 6) is 0.943. The molecule has 1 heterocycles. The molecule has 14 heavy (non-hydrogen) atoms. The first-order chi connectivity index (χ1) is 6.07. The quantitative estimate of drug-likeness (QED) is 0.682. The second-order valence-electron chi connectivity index (χ2n) is 2.56. The van der Waals surface area contributed by atoms with Crippen LogP contribution < -0.4 is 14.6 Å². The molecule has 0 fully saturated rings. The van der Waals surface area contributed by atoms with Gasteiger partial charge in [0.05, 0.1) is 4.90 Å². The zero-order chi connectivity index (χ0) is 9.47. The Morgan fingerprint density at radius 1 is 1.21 bits per heavy atom. The minimum Gasteiger partial charge on any atom is -0.454 e. The number of hydrogen-bond donors (Lipinski definition) is 1. The summed E-state index contributed by atoms with van der Waals surface area (Å²) in [6.07, 6.45) is 0. The van der Waals surface area contributed by atoms with Gasteiger partial charge in [0.2, 0.25) is 16.8 Å². The molecule has 0 unspecified atom stereocenters. The van der Waals surface area contributed by atoms with Crippen LogP contribution in [-0.4, -0.2) is 66.6 Å². The molecule has 0 amide bonds. The van der Waals surface area contributed by atoms with Crippen LogP contribution in [-0.2, 0) is 10.0 Å². The van der Waals surface area contributed by atoms with Crippen molar-refractivity contribution in [2.75, 3.05) is 6.79 Å². The monoisotopic (exact) mass is 240 g/mol. The fraction of sp³-hybridized carbons (Fsp3) is 0.143. The van der Waals surface area contributed by atoms with Gasteiger partial charge in [-0.3, -0.25) is 0 Å². The normalized spacial score (nSPS) is 13.5. The first kappa shape index (κ1) is 12.4. The number of hydrogen-bond acceptors (Lipinski definition) is 4. The molecule has 2 N–H and O–H groups in total. The van der Waals surface area contributed by atoms with Crippen molar-refractivity contribution in [1.29, 1.82) is 0 Å². The van der Waals surface area contributed by atoms with E-state index in [1.54, 1.807) is 0 Å². The Morgan fingerprint density at radius 2 is 1.86 bits per heavy atom. The van der Waals surface area contributed by atoms with Crippen molar-refractivity contribution in [3.05, 3.63) is 18.2 Å². The van der Waals surface area contributed by atoms with Crippen LogP contribution in [0.5, 0.6) is 11.5 Å². The van der Waals surface area contributed by atoms with Crippen molar-refractivity contribution < 1.29 is 17.9 Å². The Bertz CT molecular complexity index is 445. The topological polar surface area (TPSA) is 78.6 Å². The van der Waals surface area contributed by atoms with E-state index in [9.17, 15) is 8.42 Å². The molecule has 1 aromatic rings. The van der Waals surface area contributed by atoms with E-state index in [0.717, 1.165) is 0 Å². The number of rotatable bonds is 1. The van der Waals surface area contributed by atoms with E-state index in [1.165, 1.54) is 18.2 Å². The Kier molecular flexibility index (Phi) is 3.98. The summed E-state index contributed by atoms with van der Waals surface area (Å²) in [5.41, 5.74) is 0. The number of ether oxygens (including phenoxy) is 2. The SMILES string of the molecule is NS(=O)(=O)c1ccc2c(c1)OCO2.[K]. The predicted molar refractivity (Wildman–Crippen MR) is 49.7 cm³/mol. The molecule has 0 atom stereocenters. The van der Waals surface area contributed by atoms with Crippen LogP contribution in [0.4, 0.5) is 0 Å². The van der Waals surface area contributed by atoms with Gasteiger partial charge >= 0.3 is 0 Å². The zero-order valence-corrected chi connectivity index (χ0v) is 11.5. The van der Waals surface area contributed by atoms with Gasteiger partial charge in [-0.1, -0.05) is 0 Å². The maximum atomic E-state index is 10.9. The van der Waals surface area contributed by atoms with Crippen molar-refractivity contribution in [2.24, 2.45) is 5.14 Å². The van der Waals surface area contributed by atoms with Crippen LogP contribution in [0, 0.1) is 0 Å². The average molecular weight is 240 g/mol. The number of fused-ring (bicyclic) bond motifs is 1. The fourth-order valence-corrected chi connectivity index (χ4v) is 1.58. The second kappa shape index (κ2) is 4.48. The number of nitrogens with two attached hydrogens (primary N) is 1. The van der Waals surface area contributed by atoms with E-state index in [4.69, 9.17) is 14.6 Å². The van der Waals surface area contributed by atoms with Crippen LogP contribution in [0.3, 0.4) is 0 Å². The molecule has 7 heteroatoms. The van der Waals surface area contributed by atoms with E-state index in [2.05, 4.69) is 0 Å². The molecule has 0 aliphatic carbocycles. The summed E-state index contributed by atoms with van der Waals surface area (Å²) in [4.78, 5) is 0.0248. The van der Waals surface area contributed by atoms with Gasteiger partial charge in [-0.25, -0.2) is 13.6 Å². The smallest absolute Gasteiger partial charge is 0.238 e. The van der Waals surface area contributed by atoms with E-state index in [0.29, 0.717) is 11.5 Å². The molecule has 1 radical (unpaired) electrons. The standard InChI is InChI=1S/C7H7NO4S.K/c8-13(9,10)5-1-2-6-7(3-5)12-4-11-6;/h1-3H,4H2,(H2,8,9,10);. The van der Waals surface area contributed by atoms with E-state index < -0.39 is 10.0 Å². The summed E-state index contributed by atoms with van der Waals surface area (Å²) < 4.78 is 31.8. The number of sulfonamides is 1. The van der Waals surface area contributed by atoms with Gasteiger partial charge in [-0.2, -0.15) is 0 Å². The van der Waals surface area contributed by atoms with Crippen molar-refractivity contribution in [1.82, 2.24) is 0 Å². The summed E-state index contributed by atoms with van der Waals surface area (Å²) in [6.45, 7) is 0.114. The van der Waals surface area contributed by atoms with E-state index in [1.807, 2.05) is 0 Å². The summed E-state index contributed by atoms with van der Waals surface area (Å²) in [6, 6.07) is 4.24. The molecule has 1 aliphatic rings. The van der Waals surface area contributed by atoms with E-state index in [-0.39, 0.29) is 63.1 Å². The minimum atomic E-state index is -3.66. The van der Waals surface area contributed by atoms with Gasteiger partial charge in [-0.05, 0) is 12.1 Å². The third-order valence-electron chi connectivity index (χ3n) is 1.67. The second-order valence-corrected chi connectivity index (χ2v) is 4.12. The largest absolute Gasteiger partial charge is 0.454 e. The van der Waals surface area contributed by atoms with Crippen LogP contribution >= 0.6 is 0 Å². The predicted octanol–water partition coefficient (Wildman–Crippen LogP) is -0.318. The molecule has 0 bridgehead atoms. The van der Waals surface area contributed by atoms with Crippen molar-refractivity contribution in [3.8, 4) is 11.5 Å². The van der Waals surface area contributed by atoms with Crippen LogP contribution in [0.1, 0.15) is 0 Å². The van der Waals surface area contributed by atoms with Gasteiger partial charge in [0.25, 0.3) is 0 Å². The van der Waals surface area contributed by atoms with Crippen LogP contribution in [0.15, 0.2) is 23.1 Å². The Hall–Kier alpha value is 0.366. The molecule has 5 nitrogen and oxygen atoms in total. The van der Waals surface area contributed by atoms with Crippen LogP contribution in [0.2, 0.25) is 0 Å². The van der Waals surface area contributed by atoms with Gasteiger partial charge in [0.1, 0.15) is 0 Å². The van der Waals surface area contributed by atoms with Crippen molar-refractivity contribution in [3.63, 3.8) is 0 Å². The molecule has 1 aliphatic heterocycles. The maximum Gasteiger partial charge on any atom is 0.238 e. The van der Waals surface area contributed by atoms with Gasteiger partial charge in [0, 0.05) is 57.5 Å². The van der Waals surface area contributed by atoms with Crippen molar-refractivity contribution in [2.45, 2.75) is 4.90 Å². The number of benzene rings is 1. The molecule has 1 aromatic carbocycles. The van der Waals surface area contributed by atoms with E-state index >= 15 is 0 Å². The Morgan fingerprint density at radius 3 is 2.50 bits per heavy atom. The molecule has 0 saturated carbocycles. The molecule has 71 valence electrons.